The molecule has 0 aliphatic rings. The van der Waals surface area contributed by atoms with Crippen molar-refractivity contribution in [1.82, 2.24) is 4.98 Å². The zero-order valence-electron chi connectivity index (χ0n) is 11.4. The van der Waals surface area contributed by atoms with Gasteiger partial charge >= 0.3 is 0 Å². The van der Waals surface area contributed by atoms with Crippen molar-refractivity contribution in [2.75, 3.05) is 24.2 Å². The normalized spacial score (nSPS) is 10.3. The first-order valence-electron chi connectivity index (χ1n) is 6.56. The summed E-state index contributed by atoms with van der Waals surface area (Å²) in [6.45, 7) is 3.23. The number of ether oxygens (including phenoxy) is 1. The molecule has 3 N–H and O–H groups in total. The van der Waals surface area contributed by atoms with Gasteiger partial charge in [-0.15, -0.1) is 0 Å². The lowest BCUT2D eigenvalue weighted by Crippen LogP contribution is -2.08. The number of hydrogen-bond acceptors (Lipinski definition) is 4. The van der Waals surface area contributed by atoms with Gasteiger partial charge in [0.05, 0.1) is 12.3 Å². The Morgan fingerprint density at radius 2 is 1.95 bits per heavy atom. The Kier molecular flexibility index (Phi) is 5.07. The number of hydrogen-bond donors (Lipinski definition) is 2. The number of nitrogens with two attached hydrogens (primary N) is 1. The van der Waals surface area contributed by atoms with Crippen LogP contribution in [0, 0.1) is 0 Å². The van der Waals surface area contributed by atoms with Gasteiger partial charge in [0.15, 0.2) is 0 Å². The van der Waals surface area contributed by atoms with Gasteiger partial charge in [-0.05, 0) is 43.2 Å². The van der Waals surface area contributed by atoms with Gasteiger partial charge in [-0.3, -0.25) is 0 Å². The summed E-state index contributed by atoms with van der Waals surface area (Å²) >= 11 is 5.85. The first-order chi connectivity index (χ1) is 9.69. The second-order valence-corrected chi connectivity index (χ2v) is 4.76. The maximum Gasteiger partial charge on any atom is 0.239 e. The van der Waals surface area contributed by atoms with Gasteiger partial charge in [0, 0.05) is 11.6 Å². The van der Waals surface area contributed by atoms with E-state index in [1.165, 1.54) is 5.56 Å². The minimum Gasteiger partial charge on any atom is -0.476 e. The highest BCUT2D eigenvalue weighted by Crippen LogP contribution is 2.20. The molecule has 5 heteroatoms. The van der Waals surface area contributed by atoms with Gasteiger partial charge in [0.2, 0.25) is 5.88 Å². The lowest BCUT2D eigenvalue weighted by molar-refractivity contribution is 0.329. The summed E-state index contributed by atoms with van der Waals surface area (Å²) in [4.78, 5) is 4.33. The molecule has 0 saturated heterocycles. The summed E-state index contributed by atoms with van der Waals surface area (Å²) in [6.07, 6.45) is 0.896. The van der Waals surface area contributed by atoms with Crippen molar-refractivity contribution in [2.45, 2.75) is 13.3 Å². The van der Waals surface area contributed by atoms with Gasteiger partial charge in [-0.1, -0.05) is 23.7 Å². The SMILES string of the molecule is CCOc1nc(NCCc2ccc(Cl)cc2)ccc1N. The third-order valence-corrected chi connectivity index (χ3v) is 3.06. The van der Waals surface area contributed by atoms with Crippen molar-refractivity contribution < 1.29 is 4.74 Å². The van der Waals surface area contributed by atoms with E-state index >= 15 is 0 Å². The molecule has 0 radical (unpaired) electrons. The smallest absolute Gasteiger partial charge is 0.239 e. The van der Waals surface area contributed by atoms with E-state index in [1.54, 1.807) is 6.07 Å². The quantitative estimate of drug-likeness (QED) is 0.856. The topological polar surface area (TPSA) is 60.2 Å². The fraction of sp³-hybridized carbons (Fsp3) is 0.267. The maximum absolute atomic E-state index is 5.85. The number of halogens is 1. The average molecular weight is 292 g/mol. The van der Waals surface area contributed by atoms with Crippen LogP contribution >= 0.6 is 11.6 Å². The Labute approximate surface area is 123 Å². The minimum absolute atomic E-state index is 0.476. The Balaban J connectivity index is 1.90. The molecule has 0 bridgehead atoms. The Morgan fingerprint density at radius 1 is 1.20 bits per heavy atom. The monoisotopic (exact) mass is 291 g/mol. The number of anilines is 2. The maximum atomic E-state index is 5.85. The fourth-order valence-corrected chi connectivity index (χ4v) is 1.91. The number of rotatable bonds is 6. The zero-order chi connectivity index (χ0) is 14.4. The molecular weight excluding hydrogens is 274 g/mol. The van der Waals surface area contributed by atoms with Gasteiger partial charge in [0.25, 0.3) is 0 Å². The number of nitrogen functional groups attached to an aromatic ring is 1. The largest absolute Gasteiger partial charge is 0.476 e. The highest BCUT2D eigenvalue weighted by Gasteiger charge is 2.03. The summed E-state index contributed by atoms with van der Waals surface area (Å²) in [6, 6.07) is 11.5. The lowest BCUT2D eigenvalue weighted by atomic mass is 10.1. The Hall–Kier alpha value is -1.94. The third-order valence-electron chi connectivity index (χ3n) is 2.80. The van der Waals surface area contributed by atoms with Crippen molar-refractivity contribution in [2.24, 2.45) is 0 Å². The van der Waals surface area contributed by atoms with Crippen LogP contribution in [0.15, 0.2) is 36.4 Å². The number of nitrogens with one attached hydrogen (secondary N) is 1. The predicted octanol–water partition coefficient (Wildman–Crippen LogP) is 3.37. The molecular formula is C15H18ClN3O. The second kappa shape index (κ2) is 7.01. The molecule has 0 amide bonds. The first-order valence-corrected chi connectivity index (χ1v) is 6.94. The second-order valence-electron chi connectivity index (χ2n) is 4.33. The van der Waals surface area contributed by atoms with E-state index in [4.69, 9.17) is 22.1 Å². The van der Waals surface area contributed by atoms with E-state index in [-0.39, 0.29) is 0 Å². The van der Waals surface area contributed by atoms with E-state index in [0.29, 0.717) is 18.2 Å². The summed E-state index contributed by atoms with van der Waals surface area (Å²) < 4.78 is 5.36. The summed E-state index contributed by atoms with van der Waals surface area (Å²) in [7, 11) is 0. The third kappa shape index (κ3) is 4.03. The lowest BCUT2D eigenvalue weighted by Gasteiger charge is -2.10. The molecule has 0 fully saturated rings. The summed E-state index contributed by atoms with van der Waals surface area (Å²) in [5, 5.41) is 4.01. The molecule has 0 spiro atoms. The van der Waals surface area contributed by atoms with Crippen molar-refractivity contribution in [1.29, 1.82) is 0 Å². The zero-order valence-corrected chi connectivity index (χ0v) is 12.2. The molecule has 1 aromatic carbocycles. The van der Waals surface area contributed by atoms with Crippen molar-refractivity contribution >= 4 is 23.1 Å². The van der Waals surface area contributed by atoms with E-state index in [0.717, 1.165) is 23.8 Å². The van der Waals surface area contributed by atoms with Crippen molar-refractivity contribution in [3.8, 4) is 5.88 Å². The number of aromatic nitrogens is 1. The van der Waals surface area contributed by atoms with Crippen molar-refractivity contribution in [3.05, 3.63) is 47.0 Å². The minimum atomic E-state index is 0.476. The summed E-state index contributed by atoms with van der Waals surface area (Å²) in [5.41, 5.74) is 7.56. The number of nitrogens with zero attached hydrogens (tertiary/aromatic N) is 1. The number of pyridine rings is 1. The number of benzene rings is 1. The van der Waals surface area contributed by atoms with Crippen LogP contribution in [0.5, 0.6) is 5.88 Å². The molecule has 0 atom stereocenters. The highest BCUT2D eigenvalue weighted by molar-refractivity contribution is 6.30. The van der Waals surface area contributed by atoms with Crippen LogP contribution in [0.1, 0.15) is 12.5 Å². The van der Waals surface area contributed by atoms with Crippen LogP contribution in [-0.2, 0) is 6.42 Å². The van der Waals surface area contributed by atoms with Crippen LogP contribution in [0.25, 0.3) is 0 Å². The highest BCUT2D eigenvalue weighted by atomic mass is 35.5. The van der Waals surface area contributed by atoms with Crippen LogP contribution in [0.4, 0.5) is 11.5 Å². The molecule has 0 aliphatic heterocycles. The van der Waals surface area contributed by atoms with Crippen LogP contribution < -0.4 is 15.8 Å². The van der Waals surface area contributed by atoms with E-state index in [1.807, 2.05) is 37.3 Å². The molecule has 4 nitrogen and oxygen atoms in total. The van der Waals surface area contributed by atoms with Gasteiger partial charge in [-0.25, -0.2) is 0 Å². The first kappa shape index (κ1) is 14.5. The van der Waals surface area contributed by atoms with E-state index in [9.17, 15) is 0 Å². The fourth-order valence-electron chi connectivity index (χ4n) is 1.79. The predicted molar refractivity (Wildman–Crippen MR) is 83.5 cm³/mol. The standard InChI is InChI=1S/C15H18ClN3O/c1-2-20-15-13(17)7-8-14(19-15)18-10-9-11-3-5-12(16)6-4-11/h3-8H,2,9-10,17H2,1H3,(H,18,19). The van der Waals surface area contributed by atoms with Gasteiger partial charge in [0.1, 0.15) is 5.82 Å². The Morgan fingerprint density at radius 3 is 2.65 bits per heavy atom. The molecule has 106 valence electrons. The molecule has 1 heterocycles. The van der Waals surface area contributed by atoms with Crippen LogP contribution in [-0.4, -0.2) is 18.1 Å². The molecule has 0 unspecified atom stereocenters. The molecule has 2 aromatic rings. The average Bonchev–Trinajstić information content (AvgIpc) is 2.45. The van der Waals surface area contributed by atoms with Crippen LogP contribution in [0.2, 0.25) is 5.02 Å². The van der Waals surface area contributed by atoms with Gasteiger partial charge < -0.3 is 15.8 Å². The molecule has 2 rings (SSSR count). The molecule has 0 aliphatic carbocycles. The van der Waals surface area contributed by atoms with E-state index in [2.05, 4.69) is 10.3 Å². The Bertz CT molecular complexity index is 558. The molecule has 20 heavy (non-hydrogen) atoms. The molecule has 0 saturated carbocycles. The van der Waals surface area contributed by atoms with Crippen LogP contribution in [0.3, 0.4) is 0 Å². The van der Waals surface area contributed by atoms with Crippen molar-refractivity contribution in [3.63, 3.8) is 0 Å². The molecule has 1 aromatic heterocycles. The van der Waals surface area contributed by atoms with Gasteiger partial charge in [-0.2, -0.15) is 4.98 Å². The summed E-state index contributed by atoms with van der Waals surface area (Å²) in [5.74, 6) is 1.24. The van der Waals surface area contributed by atoms with E-state index < -0.39 is 0 Å².